The zero-order valence-corrected chi connectivity index (χ0v) is 17.0. The van der Waals surface area contributed by atoms with Crippen LogP contribution in [0.15, 0.2) is 36.4 Å². The van der Waals surface area contributed by atoms with Gasteiger partial charge in [0.25, 0.3) is 5.91 Å². The fourth-order valence-corrected chi connectivity index (χ4v) is 4.87. The normalized spacial score (nSPS) is 23.0. The minimum Gasteiger partial charge on any atom is -0.493 e. The van der Waals surface area contributed by atoms with Gasteiger partial charge in [0.1, 0.15) is 5.82 Å². The lowest BCUT2D eigenvalue weighted by Crippen LogP contribution is -2.46. The van der Waals surface area contributed by atoms with E-state index in [1.807, 2.05) is 17.0 Å². The van der Waals surface area contributed by atoms with Crippen molar-refractivity contribution in [2.45, 2.75) is 43.7 Å². The number of nitrogens with zero attached hydrogens (tertiary/aromatic N) is 1. The summed E-state index contributed by atoms with van der Waals surface area (Å²) in [4.78, 5) is 15.4. The lowest BCUT2D eigenvalue weighted by molar-refractivity contribution is 0.0570. The van der Waals surface area contributed by atoms with Crippen molar-refractivity contribution in [2.75, 3.05) is 21.3 Å². The first-order valence-electron chi connectivity index (χ1n) is 9.93. The minimum atomic E-state index is -0.216. The maximum absolute atomic E-state index is 13.4. The largest absolute Gasteiger partial charge is 0.493 e. The third kappa shape index (κ3) is 3.52. The van der Waals surface area contributed by atoms with Crippen molar-refractivity contribution in [1.29, 1.82) is 0 Å². The van der Waals surface area contributed by atoms with Crippen molar-refractivity contribution in [1.82, 2.24) is 4.90 Å². The standard InChI is InChI=1S/C23H26FNO4/c1-27-20-12-16(13-21(28-2)22(20)29-3)23(26)25-18-8-9-19(25)11-15(10-18)14-4-6-17(24)7-5-14/h4-7,12-13,15,18-19H,8-11H2,1-3H3/t15?,18-,19+. The van der Waals surface area contributed by atoms with Crippen molar-refractivity contribution in [2.24, 2.45) is 0 Å². The smallest absolute Gasteiger partial charge is 0.254 e. The quantitative estimate of drug-likeness (QED) is 0.748. The SMILES string of the molecule is COc1cc(C(=O)N2[C@@H]3CC[C@H]2CC(c2ccc(F)cc2)C3)cc(OC)c1OC. The maximum atomic E-state index is 13.4. The van der Waals surface area contributed by atoms with Crippen LogP contribution >= 0.6 is 0 Å². The number of ether oxygens (including phenoxy) is 3. The molecule has 2 heterocycles. The molecule has 0 N–H and O–H groups in total. The van der Waals surface area contributed by atoms with E-state index in [2.05, 4.69) is 0 Å². The number of carbonyl (C=O) groups is 1. The van der Waals surface area contributed by atoms with Gasteiger partial charge in [0.2, 0.25) is 5.75 Å². The summed E-state index contributed by atoms with van der Waals surface area (Å²) < 4.78 is 29.4. The molecular formula is C23H26FNO4. The van der Waals surface area contributed by atoms with Gasteiger partial charge in [0.15, 0.2) is 11.5 Å². The number of methoxy groups -OCH3 is 3. The molecule has 154 valence electrons. The molecular weight excluding hydrogens is 373 g/mol. The topological polar surface area (TPSA) is 48.0 Å². The van der Waals surface area contributed by atoms with E-state index in [0.717, 1.165) is 31.2 Å². The summed E-state index contributed by atoms with van der Waals surface area (Å²) in [6.45, 7) is 0. The van der Waals surface area contributed by atoms with Crippen molar-refractivity contribution < 1.29 is 23.4 Å². The van der Waals surface area contributed by atoms with Crippen molar-refractivity contribution in [3.8, 4) is 17.2 Å². The van der Waals surface area contributed by atoms with Gasteiger partial charge in [0.05, 0.1) is 21.3 Å². The number of rotatable bonds is 5. The monoisotopic (exact) mass is 399 g/mol. The molecule has 4 rings (SSSR count). The highest BCUT2D eigenvalue weighted by Crippen LogP contribution is 2.45. The maximum Gasteiger partial charge on any atom is 0.254 e. The first-order valence-corrected chi connectivity index (χ1v) is 9.93. The molecule has 2 aliphatic heterocycles. The summed E-state index contributed by atoms with van der Waals surface area (Å²) in [6.07, 6.45) is 3.80. The fraction of sp³-hybridized carbons (Fsp3) is 0.435. The molecule has 0 saturated carbocycles. The summed E-state index contributed by atoms with van der Waals surface area (Å²) in [6, 6.07) is 10.6. The highest BCUT2D eigenvalue weighted by Gasteiger charge is 2.44. The van der Waals surface area contributed by atoms with Crippen molar-refractivity contribution >= 4 is 5.91 Å². The predicted octanol–water partition coefficient (Wildman–Crippen LogP) is 4.40. The molecule has 6 heteroatoms. The Bertz CT molecular complexity index is 859. The molecule has 2 bridgehead atoms. The lowest BCUT2D eigenvalue weighted by atomic mass is 9.84. The van der Waals surface area contributed by atoms with Crippen LogP contribution in [0, 0.1) is 5.82 Å². The molecule has 1 unspecified atom stereocenters. The number of fused-ring (bicyclic) bond motifs is 2. The average Bonchev–Trinajstić information content (AvgIpc) is 3.01. The Labute approximate surface area is 170 Å². The van der Waals surface area contributed by atoms with Gasteiger partial charge in [-0.3, -0.25) is 4.79 Å². The second kappa shape index (κ2) is 7.93. The molecule has 2 aromatic rings. The van der Waals surface area contributed by atoms with E-state index in [1.54, 1.807) is 33.5 Å². The summed E-state index contributed by atoms with van der Waals surface area (Å²) in [5.74, 6) is 1.56. The van der Waals surface area contributed by atoms with E-state index in [-0.39, 0.29) is 23.8 Å². The van der Waals surface area contributed by atoms with Gasteiger partial charge < -0.3 is 19.1 Å². The van der Waals surface area contributed by atoms with E-state index in [4.69, 9.17) is 14.2 Å². The molecule has 1 amide bonds. The first-order chi connectivity index (χ1) is 14.0. The molecule has 0 aliphatic carbocycles. The first kappa shape index (κ1) is 19.6. The summed E-state index contributed by atoms with van der Waals surface area (Å²) >= 11 is 0. The van der Waals surface area contributed by atoms with Crippen LogP contribution in [0.1, 0.15) is 47.5 Å². The van der Waals surface area contributed by atoms with Crippen molar-refractivity contribution in [3.05, 3.63) is 53.3 Å². The Morgan fingerprint density at radius 2 is 1.48 bits per heavy atom. The third-order valence-electron chi connectivity index (χ3n) is 6.22. The Balaban J connectivity index is 1.58. The zero-order valence-electron chi connectivity index (χ0n) is 17.0. The zero-order chi connectivity index (χ0) is 20.5. The molecule has 2 fully saturated rings. The number of hydrogen-bond acceptors (Lipinski definition) is 4. The Morgan fingerprint density at radius 1 is 0.931 bits per heavy atom. The molecule has 0 radical (unpaired) electrons. The van der Waals surface area contributed by atoms with Gasteiger partial charge in [-0.2, -0.15) is 0 Å². The van der Waals surface area contributed by atoms with Gasteiger partial charge in [0, 0.05) is 17.6 Å². The molecule has 3 atom stereocenters. The van der Waals surface area contributed by atoms with Gasteiger partial charge >= 0.3 is 0 Å². The third-order valence-corrected chi connectivity index (χ3v) is 6.22. The lowest BCUT2D eigenvalue weighted by Gasteiger charge is -2.39. The summed E-state index contributed by atoms with van der Waals surface area (Å²) in [7, 11) is 4.63. The number of amides is 1. The Morgan fingerprint density at radius 3 is 1.97 bits per heavy atom. The molecule has 5 nitrogen and oxygen atoms in total. The fourth-order valence-electron chi connectivity index (χ4n) is 4.87. The Hall–Kier alpha value is -2.76. The van der Waals surface area contributed by atoms with Crippen LogP contribution in [-0.2, 0) is 0 Å². The van der Waals surface area contributed by atoms with Crippen molar-refractivity contribution in [3.63, 3.8) is 0 Å². The van der Waals surface area contributed by atoms with Crippen LogP contribution in [0.4, 0.5) is 4.39 Å². The van der Waals surface area contributed by atoms with Gasteiger partial charge in [-0.25, -0.2) is 4.39 Å². The second-order valence-corrected chi connectivity index (χ2v) is 7.73. The molecule has 2 aliphatic rings. The van der Waals surface area contributed by atoms with Crippen LogP contribution < -0.4 is 14.2 Å². The van der Waals surface area contributed by atoms with Gasteiger partial charge in [-0.15, -0.1) is 0 Å². The van der Waals surface area contributed by atoms with E-state index in [0.29, 0.717) is 28.7 Å². The van der Waals surface area contributed by atoms with Crippen LogP contribution in [0.5, 0.6) is 17.2 Å². The number of benzene rings is 2. The number of hydrogen-bond donors (Lipinski definition) is 0. The van der Waals surface area contributed by atoms with Crippen LogP contribution in [0.2, 0.25) is 0 Å². The van der Waals surface area contributed by atoms with Crippen LogP contribution in [0.3, 0.4) is 0 Å². The molecule has 0 spiro atoms. The van der Waals surface area contributed by atoms with E-state index < -0.39 is 0 Å². The second-order valence-electron chi connectivity index (χ2n) is 7.73. The number of piperidine rings is 1. The van der Waals surface area contributed by atoms with Crippen LogP contribution in [0.25, 0.3) is 0 Å². The van der Waals surface area contributed by atoms with E-state index in [9.17, 15) is 9.18 Å². The summed E-state index contributed by atoms with van der Waals surface area (Å²) in [5.41, 5.74) is 1.69. The van der Waals surface area contributed by atoms with Gasteiger partial charge in [-0.05, 0) is 61.4 Å². The van der Waals surface area contributed by atoms with E-state index >= 15 is 0 Å². The highest BCUT2D eigenvalue weighted by molar-refractivity contribution is 5.96. The van der Waals surface area contributed by atoms with E-state index in [1.165, 1.54) is 12.1 Å². The molecule has 0 aromatic heterocycles. The molecule has 2 saturated heterocycles. The van der Waals surface area contributed by atoms with Gasteiger partial charge in [-0.1, -0.05) is 12.1 Å². The van der Waals surface area contributed by atoms with Crippen LogP contribution in [-0.4, -0.2) is 44.2 Å². The molecule has 29 heavy (non-hydrogen) atoms. The average molecular weight is 399 g/mol. The number of halogens is 1. The minimum absolute atomic E-state index is 0.00527. The number of carbonyl (C=O) groups excluding carboxylic acids is 1. The molecule has 2 aromatic carbocycles. The predicted molar refractivity (Wildman–Crippen MR) is 107 cm³/mol. The highest BCUT2D eigenvalue weighted by atomic mass is 19.1. The Kier molecular flexibility index (Phi) is 5.35. The summed E-state index contributed by atoms with van der Waals surface area (Å²) in [5, 5.41) is 0.